The molecule has 0 heterocycles. The lowest BCUT2D eigenvalue weighted by Crippen LogP contribution is -2.40. The first-order chi connectivity index (χ1) is 6.63. The average molecular weight is 195 g/mol. The fraction of sp³-hybridized carbons (Fsp3) is 0.727. The molecule has 0 aliphatic heterocycles. The van der Waals surface area contributed by atoms with Crippen LogP contribution in [0.2, 0.25) is 0 Å². The fourth-order valence-corrected chi connectivity index (χ4v) is 1.97. The predicted octanol–water partition coefficient (Wildman–Crippen LogP) is 1.24. The van der Waals surface area contributed by atoms with Crippen LogP contribution in [0.5, 0.6) is 0 Å². The summed E-state index contributed by atoms with van der Waals surface area (Å²) in [4.78, 5) is 10.8. The molecule has 0 radical (unpaired) electrons. The highest BCUT2D eigenvalue weighted by Crippen LogP contribution is 2.24. The molecule has 1 saturated carbocycles. The molecule has 1 fully saturated rings. The Morgan fingerprint density at radius 3 is 2.93 bits per heavy atom. The van der Waals surface area contributed by atoms with E-state index in [2.05, 4.69) is 11.2 Å². The van der Waals surface area contributed by atoms with Crippen molar-refractivity contribution in [3.63, 3.8) is 0 Å². The van der Waals surface area contributed by atoms with Gasteiger partial charge in [-0.3, -0.25) is 4.79 Å². The van der Waals surface area contributed by atoms with Crippen LogP contribution in [0.3, 0.4) is 0 Å². The van der Waals surface area contributed by atoms with E-state index in [1.165, 1.54) is 0 Å². The van der Waals surface area contributed by atoms with E-state index in [4.69, 9.17) is 11.5 Å². The number of hydrogen-bond donors (Lipinski definition) is 2. The molecule has 2 N–H and O–H groups in total. The van der Waals surface area contributed by atoms with Crippen LogP contribution >= 0.6 is 0 Å². The zero-order valence-corrected chi connectivity index (χ0v) is 8.49. The predicted molar refractivity (Wildman–Crippen MR) is 54.8 cm³/mol. The van der Waals surface area contributed by atoms with Crippen molar-refractivity contribution in [2.75, 3.05) is 0 Å². The van der Waals surface area contributed by atoms with Gasteiger partial charge in [-0.15, -0.1) is 6.42 Å². The molecule has 3 nitrogen and oxygen atoms in total. The molecule has 14 heavy (non-hydrogen) atoms. The first-order valence-corrected chi connectivity index (χ1v) is 5.08. The van der Waals surface area contributed by atoms with E-state index in [0.29, 0.717) is 6.42 Å². The van der Waals surface area contributed by atoms with Gasteiger partial charge in [-0.2, -0.15) is 0 Å². The summed E-state index contributed by atoms with van der Waals surface area (Å²) < 4.78 is 0. The van der Waals surface area contributed by atoms with Gasteiger partial charge in [-0.1, -0.05) is 12.3 Å². The summed E-state index contributed by atoms with van der Waals surface area (Å²) >= 11 is 0. The lowest BCUT2D eigenvalue weighted by molar-refractivity contribution is -0.143. The molecule has 0 amide bonds. The molecule has 3 unspecified atom stereocenters. The minimum atomic E-state index is -0.676. The molecule has 3 heteroatoms. The lowest BCUT2D eigenvalue weighted by Gasteiger charge is -2.28. The Hall–Kier alpha value is -1.01. The van der Waals surface area contributed by atoms with Gasteiger partial charge in [-0.25, -0.2) is 0 Å². The Bertz CT molecular complexity index is 244. The van der Waals surface area contributed by atoms with Crippen molar-refractivity contribution in [2.45, 2.75) is 44.7 Å². The van der Waals surface area contributed by atoms with Crippen molar-refractivity contribution in [3.8, 4) is 12.3 Å². The van der Waals surface area contributed by atoms with Crippen molar-refractivity contribution in [1.29, 1.82) is 0 Å². The van der Waals surface area contributed by atoms with Crippen LogP contribution in [-0.2, 0) is 4.79 Å². The third-order valence-electron chi connectivity index (χ3n) is 2.76. The van der Waals surface area contributed by atoms with Crippen LogP contribution in [-0.4, -0.2) is 23.2 Å². The second-order valence-corrected chi connectivity index (χ2v) is 3.95. The van der Waals surface area contributed by atoms with Crippen molar-refractivity contribution in [1.82, 2.24) is 5.32 Å². The number of rotatable bonds is 3. The first-order valence-electron chi connectivity index (χ1n) is 5.08. The zero-order valence-electron chi connectivity index (χ0n) is 8.49. The van der Waals surface area contributed by atoms with Crippen LogP contribution in [0.4, 0.5) is 0 Å². The first kappa shape index (κ1) is 11.1. The van der Waals surface area contributed by atoms with Crippen LogP contribution in [0.1, 0.15) is 32.6 Å². The number of carboxylic acid groups (broad SMARTS) is 1. The standard InChI is InChI=1S/C11H17NO2/c1-3-8(2)12-10-6-4-5-9(7-10)11(13)14/h1,8-10,12H,4-7H2,2H3,(H,13,14). The molecule has 1 aliphatic rings. The Labute approximate surface area is 84.9 Å². The molecule has 3 atom stereocenters. The summed E-state index contributed by atoms with van der Waals surface area (Å²) in [7, 11) is 0. The molecule has 0 aromatic rings. The largest absolute Gasteiger partial charge is 0.481 e. The number of nitrogens with one attached hydrogen (secondary N) is 1. The van der Waals surface area contributed by atoms with Gasteiger partial charge in [0.15, 0.2) is 0 Å². The summed E-state index contributed by atoms with van der Waals surface area (Å²) in [6.45, 7) is 1.92. The monoisotopic (exact) mass is 195 g/mol. The average Bonchev–Trinajstić information content (AvgIpc) is 2.18. The molecule has 78 valence electrons. The molecule has 0 aromatic carbocycles. The van der Waals surface area contributed by atoms with Gasteiger partial charge in [0, 0.05) is 6.04 Å². The fourth-order valence-electron chi connectivity index (χ4n) is 1.97. The minimum Gasteiger partial charge on any atom is -0.481 e. The lowest BCUT2D eigenvalue weighted by atomic mass is 9.85. The Balaban J connectivity index is 2.41. The topological polar surface area (TPSA) is 49.3 Å². The smallest absolute Gasteiger partial charge is 0.306 e. The highest BCUT2D eigenvalue weighted by atomic mass is 16.4. The third-order valence-corrected chi connectivity index (χ3v) is 2.76. The van der Waals surface area contributed by atoms with Crippen molar-refractivity contribution in [3.05, 3.63) is 0 Å². The van der Waals surface area contributed by atoms with Crippen molar-refractivity contribution in [2.24, 2.45) is 5.92 Å². The molecule has 1 aliphatic carbocycles. The van der Waals surface area contributed by atoms with E-state index in [-0.39, 0.29) is 18.0 Å². The molecular formula is C11H17NO2. The third kappa shape index (κ3) is 3.04. The zero-order chi connectivity index (χ0) is 10.6. The van der Waals surface area contributed by atoms with Gasteiger partial charge in [-0.05, 0) is 26.2 Å². The van der Waals surface area contributed by atoms with Gasteiger partial charge in [0.1, 0.15) is 0 Å². The van der Waals surface area contributed by atoms with Gasteiger partial charge < -0.3 is 10.4 Å². The summed E-state index contributed by atoms with van der Waals surface area (Å²) in [6.07, 6.45) is 8.78. The number of carboxylic acids is 1. The van der Waals surface area contributed by atoms with Crippen LogP contribution in [0.15, 0.2) is 0 Å². The minimum absolute atomic E-state index is 0.0348. The molecular weight excluding hydrogens is 178 g/mol. The van der Waals surface area contributed by atoms with Crippen molar-refractivity contribution >= 4 is 5.97 Å². The van der Waals surface area contributed by atoms with Gasteiger partial charge in [0.2, 0.25) is 0 Å². The van der Waals surface area contributed by atoms with E-state index >= 15 is 0 Å². The van der Waals surface area contributed by atoms with E-state index in [0.717, 1.165) is 19.3 Å². The number of carbonyl (C=O) groups is 1. The van der Waals surface area contributed by atoms with E-state index in [1.54, 1.807) is 0 Å². The summed E-state index contributed by atoms with van der Waals surface area (Å²) in [5, 5.41) is 12.1. The number of aliphatic carboxylic acids is 1. The summed E-state index contributed by atoms with van der Waals surface area (Å²) in [5.74, 6) is 1.73. The van der Waals surface area contributed by atoms with Crippen LogP contribution in [0, 0.1) is 18.3 Å². The Morgan fingerprint density at radius 2 is 2.36 bits per heavy atom. The molecule has 0 bridgehead atoms. The highest BCUT2D eigenvalue weighted by Gasteiger charge is 2.27. The van der Waals surface area contributed by atoms with Gasteiger partial charge >= 0.3 is 5.97 Å². The van der Waals surface area contributed by atoms with E-state index in [1.807, 2.05) is 6.92 Å². The van der Waals surface area contributed by atoms with Crippen LogP contribution in [0.25, 0.3) is 0 Å². The maximum atomic E-state index is 10.8. The van der Waals surface area contributed by atoms with E-state index < -0.39 is 5.97 Å². The Kier molecular flexibility index (Phi) is 3.97. The molecule has 0 saturated heterocycles. The van der Waals surface area contributed by atoms with Gasteiger partial charge in [0.25, 0.3) is 0 Å². The normalized spacial score (nSPS) is 29.1. The van der Waals surface area contributed by atoms with Crippen LogP contribution < -0.4 is 5.32 Å². The van der Waals surface area contributed by atoms with Crippen molar-refractivity contribution < 1.29 is 9.90 Å². The quantitative estimate of drug-likeness (QED) is 0.666. The van der Waals surface area contributed by atoms with E-state index in [9.17, 15) is 4.79 Å². The maximum absolute atomic E-state index is 10.8. The maximum Gasteiger partial charge on any atom is 0.306 e. The second-order valence-electron chi connectivity index (χ2n) is 3.95. The molecule has 0 aromatic heterocycles. The summed E-state index contributed by atoms with van der Waals surface area (Å²) in [5.41, 5.74) is 0. The highest BCUT2D eigenvalue weighted by molar-refractivity contribution is 5.70. The Morgan fingerprint density at radius 1 is 1.64 bits per heavy atom. The summed E-state index contributed by atoms with van der Waals surface area (Å²) in [6, 6.07) is 0.309. The SMILES string of the molecule is C#CC(C)NC1CCCC(C(=O)O)C1. The second kappa shape index (κ2) is 5.02. The number of hydrogen-bond acceptors (Lipinski definition) is 2. The molecule has 0 spiro atoms. The number of terminal acetylenes is 1. The van der Waals surface area contributed by atoms with Gasteiger partial charge in [0.05, 0.1) is 12.0 Å². The molecule has 1 rings (SSSR count).